The van der Waals surface area contributed by atoms with Crippen molar-refractivity contribution in [2.75, 3.05) is 0 Å². The van der Waals surface area contributed by atoms with Gasteiger partial charge in [0.1, 0.15) is 0 Å². The highest BCUT2D eigenvalue weighted by atomic mass is 79.9. The molecule has 0 saturated heterocycles. The number of halogens is 1. The van der Waals surface area contributed by atoms with Crippen molar-refractivity contribution in [3.05, 3.63) is 56.2 Å². The molecule has 0 saturated carbocycles. The van der Waals surface area contributed by atoms with Crippen LogP contribution in [0, 0.1) is 6.92 Å². The van der Waals surface area contributed by atoms with E-state index in [0.717, 1.165) is 17.4 Å². The molecule has 1 unspecified atom stereocenters. The number of benzene rings is 1. The molecule has 0 spiro atoms. The number of nitrogens with one attached hydrogen (secondary N) is 1. The smallest absolute Gasteiger partial charge is 0.0304 e. The van der Waals surface area contributed by atoms with E-state index >= 15 is 0 Å². The molecule has 0 aliphatic carbocycles. The van der Waals surface area contributed by atoms with Crippen LogP contribution in [0.2, 0.25) is 0 Å². The molecule has 1 N–H and O–H groups in total. The lowest BCUT2D eigenvalue weighted by atomic mass is 10.1. The third kappa shape index (κ3) is 3.94. The molecule has 1 aromatic carbocycles. The minimum Gasteiger partial charge on any atom is -0.309 e. The Morgan fingerprint density at radius 1 is 1.22 bits per heavy atom. The summed E-state index contributed by atoms with van der Waals surface area (Å²) in [5.74, 6) is 0. The standard InChI is InChI=1S/C15H18BrNS/c1-11-7-8-18-15(11)10-17-12(2)9-13-3-5-14(16)6-4-13/h3-8,12,17H,9-10H2,1-2H3. The molecule has 0 aliphatic rings. The van der Waals surface area contributed by atoms with Gasteiger partial charge < -0.3 is 5.32 Å². The third-order valence-corrected chi connectivity index (χ3v) is 4.59. The Bertz CT molecular complexity index is 489. The van der Waals surface area contributed by atoms with Crippen molar-refractivity contribution < 1.29 is 0 Å². The summed E-state index contributed by atoms with van der Waals surface area (Å²) < 4.78 is 1.14. The van der Waals surface area contributed by atoms with Gasteiger partial charge in [0, 0.05) is 21.9 Å². The van der Waals surface area contributed by atoms with Crippen LogP contribution in [0.15, 0.2) is 40.2 Å². The summed E-state index contributed by atoms with van der Waals surface area (Å²) in [6.07, 6.45) is 1.07. The quantitative estimate of drug-likeness (QED) is 0.851. The lowest BCUT2D eigenvalue weighted by molar-refractivity contribution is 0.548. The van der Waals surface area contributed by atoms with Crippen LogP contribution in [-0.2, 0) is 13.0 Å². The predicted octanol–water partition coefficient (Wildman–Crippen LogP) is 4.54. The minimum atomic E-state index is 0.493. The summed E-state index contributed by atoms with van der Waals surface area (Å²) in [5.41, 5.74) is 2.77. The summed E-state index contributed by atoms with van der Waals surface area (Å²) in [6.45, 7) is 5.39. The van der Waals surface area contributed by atoms with Crippen molar-refractivity contribution in [2.24, 2.45) is 0 Å². The van der Waals surface area contributed by atoms with E-state index in [-0.39, 0.29) is 0 Å². The molecule has 2 aromatic rings. The maximum atomic E-state index is 3.59. The minimum absolute atomic E-state index is 0.493. The average Bonchev–Trinajstić information content (AvgIpc) is 2.75. The van der Waals surface area contributed by atoms with Gasteiger partial charge >= 0.3 is 0 Å². The first-order valence-electron chi connectivity index (χ1n) is 6.16. The van der Waals surface area contributed by atoms with E-state index in [1.807, 2.05) is 11.3 Å². The zero-order valence-electron chi connectivity index (χ0n) is 10.7. The van der Waals surface area contributed by atoms with Crippen LogP contribution in [0.5, 0.6) is 0 Å². The molecule has 0 amide bonds. The van der Waals surface area contributed by atoms with E-state index in [2.05, 4.69) is 70.8 Å². The SMILES string of the molecule is Cc1ccsc1CNC(C)Cc1ccc(Br)cc1. The van der Waals surface area contributed by atoms with Gasteiger partial charge in [0.15, 0.2) is 0 Å². The Hall–Kier alpha value is -0.640. The fourth-order valence-electron chi connectivity index (χ4n) is 1.90. The fourth-order valence-corrected chi connectivity index (χ4v) is 3.02. The number of aryl methyl sites for hydroxylation is 1. The molecule has 0 radical (unpaired) electrons. The second kappa shape index (κ2) is 6.50. The molecule has 1 atom stereocenters. The Balaban J connectivity index is 1.83. The molecule has 1 heterocycles. The summed E-state index contributed by atoms with van der Waals surface area (Å²) in [6, 6.07) is 11.2. The van der Waals surface area contributed by atoms with Gasteiger partial charge in [0.25, 0.3) is 0 Å². The molecular formula is C15H18BrNS. The van der Waals surface area contributed by atoms with Crippen LogP contribution < -0.4 is 5.32 Å². The molecule has 0 fully saturated rings. The first kappa shape index (κ1) is 13.8. The van der Waals surface area contributed by atoms with E-state index in [4.69, 9.17) is 0 Å². The van der Waals surface area contributed by atoms with Crippen molar-refractivity contribution in [2.45, 2.75) is 32.9 Å². The first-order valence-corrected chi connectivity index (χ1v) is 7.83. The lowest BCUT2D eigenvalue weighted by Crippen LogP contribution is -2.27. The van der Waals surface area contributed by atoms with Crippen LogP contribution in [0.1, 0.15) is 22.9 Å². The van der Waals surface area contributed by atoms with E-state index < -0.39 is 0 Å². The molecule has 0 aliphatic heterocycles. The Labute approximate surface area is 121 Å². The second-order valence-electron chi connectivity index (χ2n) is 4.64. The predicted molar refractivity (Wildman–Crippen MR) is 83.2 cm³/mol. The van der Waals surface area contributed by atoms with Crippen LogP contribution in [0.25, 0.3) is 0 Å². The maximum Gasteiger partial charge on any atom is 0.0304 e. The van der Waals surface area contributed by atoms with Gasteiger partial charge in [0.05, 0.1) is 0 Å². The third-order valence-electron chi connectivity index (χ3n) is 3.03. The van der Waals surface area contributed by atoms with E-state index in [1.54, 1.807) is 0 Å². The molecule has 0 bridgehead atoms. The zero-order valence-corrected chi connectivity index (χ0v) is 13.1. The van der Waals surface area contributed by atoms with Crippen LogP contribution >= 0.6 is 27.3 Å². The lowest BCUT2D eigenvalue weighted by Gasteiger charge is -2.13. The monoisotopic (exact) mass is 323 g/mol. The van der Waals surface area contributed by atoms with Crippen LogP contribution in [-0.4, -0.2) is 6.04 Å². The second-order valence-corrected chi connectivity index (χ2v) is 6.56. The topological polar surface area (TPSA) is 12.0 Å². The summed E-state index contributed by atoms with van der Waals surface area (Å²) in [5, 5.41) is 5.75. The summed E-state index contributed by atoms with van der Waals surface area (Å²) in [4.78, 5) is 1.44. The van der Waals surface area contributed by atoms with Gasteiger partial charge in [-0.05, 0) is 55.0 Å². The van der Waals surface area contributed by atoms with Gasteiger partial charge in [-0.2, -0.15) is 0 Å². The molecule has 1 nitrogen and oxygen atoms in total. The number of thiophene rings is 1. The largest absolute Gasteiger partial charge is 0.309 e. The van der Waals surface area contributed by atoms with Gasteiger partial charge in [-0.15, -0.1) is 11.3 Å². The number of rotatable bonds is 5. The Morgan fingerprint density at radius 3 is 2.56 bits per heavy atom. The number of hydrogen-bond donors (Lipinski definition) is 1. The van der Waals surface area contributed by atoms with Crippen molar-refractivity contribution in [3.63, 3.8) is 0 Å². The van der Waals surface area contributed by atoms with Crippen LogP contribution in [0.3, 0.4) is 0 Å². The summed E-state index contributed by atoms with van der Waals surface area (Å²) in [7, 11) is 0. The Kier molecular flexibility index (Phi) is 4.98. The van der Waals surface area contributed by atoms with E-state index in [1.165, 1.54) is 16.0 Å². The molecule has 96 valence electrons. The highest BCUT2D eigenvalue weighted by Gasteiger charge is 2.05. The van der Waals surface area contributed by atoms with Crippen molar-refractivity contribution >= 4 is 27.3 Å². The van der Waals surface area contributed by atoms with Gasteiger partial charge in [-0.25, -0.2) is 0 Å². The van der Waals surface area contributed by atoms with Gasteiger partial charge in [-0.3, -0.25) is 0 Å². The zero-order chi connectivity index (χ0) is 13.0. The molecule has 2 rings (SSSR count). The van der Waals surface area contributed by atoms with E-state index in [9.17, 15) is 0 Å². The Morgan fingerprint density at radius 2 is 1.94 bits per heavy atom. The molecule has 3 heteroatoms. The molecular weight excluding hydrogens is 306 g/mol. The molecule has 1 aromatic heterocycles. The number of hydrogen-bond acceptors (Lipinski definition) is 2. The normalized spacial score (nSPS) is 12.6. The summed E-state index contributed by atoms with van der Waals surface area (Å²) >= 11 is 5.29. The fraction of sp³-hybridized carbons (Fsp3) is 0.333. The van der Waals surface area contributed by atoms with Crippen molar-refractivity contribution in [3.8, 4) is 0 Å². The van der Waals surface area contributed by atoms with Gasteiger partial charge in [-0.1, -0.05) is 28.1 Å². The van der Waals surface area contributed by atoms with Gasteiger partial charge in [0.2, 0.25) is 0 Å². The highest BCUT2D eigenvalue weighted by Crippen LogP contribution is 2.16. The highest BCUT2D eigenvalue weighted by molar-refractivity contribution is 9.10. The average molecular weight is 324 g/mol. The van der Waals surface area contributed by atoms with Crippen molar-refractivity contribution in [1.29, 1.82) is 0 Å². The van der Waals surface area contributed by atoms with Crippen LogP contribution in [0.4, 0.5) is 0 Å². The maximum absolute atomic E-state index is 3.59. The van der Waals surface area contributed by atoms with E-state index in [0.29, 0.717) is 6.04 Å². The van der Waals surface area contributed by atoms with Crippen molar-refractivity contribution in [1.82, 2.24) is 5.32 Å². The molecule has 18 heavy (non-hydrogen) atoms. The first-order chi connectivity index (χ1) is 8.65.